The van der Waals surface area contributed by atoms with Crippen LogP contribution in [0.15, 0.2) is 42.5 Å². The predicted octanol–water partition coefficient (Wildman–Crippen LogP) is 0.00410. The van der Waals surface area contributed by atoms with Crippen molar-refractivity contribution in [3.05, 3.63) is 48.1 Å². The largest absolute Gasteiger partial charge is 0.326 e. The fourth-order valence-electron chi connectivity index (χ4n) is 2.36. The van der Waals surface area contributed by atoms with Gasteiger partial charge < -0.3 is 5.73 Å². The summed E-state index contributed by atoms with van der Waals surface area (Å²) in [4.78, 5) is 49.1. The van der Waals surface area contributed by atoms with Crippen LogP contribution in [0.5, 0.6) is 0 Å². The van der Waals surface area contributed by atoms with Crippen molar-refractivity contribution in [2.75, 3.05) is 9.80 Å². The highest BCUT2D eigenvalue weighted by Gasteiger charge is 2.30. The lowest BCUT2D eigenvalue weighted by Crippen LogP contribution is -2.33. The molecule has 22 heavy (non-hydrogen) atoms. The lowest BCUT2D eigenvalue weighted by Gasteiger charge is -2.21. The zero-order valence-corrected chi connectivity index (χ0v) is 11.4. The van der Waals surface area contributed by atoms with Crippen LogP contribution in [-0.4, -0.2) is 23.6 Å². The van der Waals surface area contributed by atoms with Gasteiger partial charge in [0.05, 0.1) is 11.4 Å². The number of hydrogen-bond acceptors (Lipinski definition) is 5. The predicted molar refractivity (Wildman–Crippen MR) is 77.6 cm³/mol. The number of amides is 4. The number of nitrogens with zero attached hydrogens (tertiary/aromatic N) is 2. The second-order valence-electron chi connectivity index (χ2n) is 4.71. The molecule has 2 N–H and O–H groups in total. The first-order valence-corrected chi connectivity index (χ1v) is 6.48. The van der Waals surface area contributed by atoms with Crippen molar-refractivity contribution in [1.82, 2.24) is 0 Å². The Morgan fingerprint density at radius 3 is 1.77 bits per heavy atom. The maximum absolute atomic E-state index is 11.8. The van der Waals surface area contributed by atoms with E-state index in [2.05, 4.69) is 0 Å². The van der Waals surface area contributed by atoms with Gasteiger partial charge in [-0.25, -0.2) is 9.80 Å². The molecular weight excluding hydrogens is 286 g/mol. The van der Waals surface area contributed by atoms with Crippen LogP contribution >= 0.6 is 0 Å². The van der Waals surface area contributed by atoms with E-state index in [4.69, 9.17) is 5.73 Å². The van der Waals surface area contributed by atoms with E-state index in [1.54, 1.807) is 12.1 Å². The minimum Gasteiger partial charge on any atom is -0.326 e. The fraction of sp³-hybridized carbons (Fsp3) is 0.0667. The number of carbonyl (C=O) groups is 4. The number of nitrogens with two attached hydrogens (primary N) is 1. The summed E-state index contributed by atoms with van der Waals surface area (Å²) in [6.07, 6.45) is 4.63. The van der Waals surface area contributed by atoms with Crippen molar-refractivity contribution < 1.29 is 19.2 Å². The van der Waals surface area contributed by atoms with Gasteiger partial charge in [-0.05, 0) is 17.7 Å². The Balaban J connectivity index is 2.08. The Bertz CT molecular complexity index is 743. The second kappa shape index (κ2) is 5.05. The summed E-state index contributed by atoms with van der Waals surface area (Å²) in [5.41, 5.74) is 6.74. The lowest BCUT2D eigenvalue weighted by molar-refractivity contribution is -0.121. The van der Waals surface area contributed by atoms with Gasteiger partial charge in [0.15, 0.2) is 0 Å². The monoisotopic (exact) mass is 297 g/mol. The molecule has 0 saturated carbocycles. The topological polar surface area (TPSA) is 101 Å². The maximum Gasteiger partial charge on any atom is 0.258 e. The first-order valence-electron chi connectivity index (χ1n) is 6.48. The third-order valence-electron chi connectivity index (χ3n) is 3.41. The van der Waals surface area contributed by atoms with Gasteiger partial charge in [0, 0.05) is 30.8 Å². The molecule has 0 unspecified atom stereocenters. The van der Waals surface area contributed by atoms with Crippen molar-refractivity contribution in [3.8, 4) is 0 Å². The number of imide groups is 2. The zero-order valence-electron chi connectivity index (χ0n) is 11.4. The van der Waals surface area contributed by atoms with Gasteiger partial charge in [-0.15, -0.1) is 0 Å². The Morgan fingerprint density at radius 2 is 1.27 bits per heavy atom. The molecule has 3 rings (SSSR count). The van der Waals surface area contributed by atoms with Crippen molar-refractivity contribution in [1.29, 1.82) is 0 Å². The molecule has 0 radical (unpaired) electrons. The number of anilines is 2. The smallest absolute Gasteiger partial charge is 0.258 e. The van der Waals surface area contributed by atoms with Gasteiger partial charge in [-0.1, -0.05) is 6.07 Å². The van der Waals surface area contributed by atoms with Crippen LogP contribution in [0.2, 0.25) is 0 Å². The Morgan fingerprint density at radius 1 is 0.773 bits per heavy atom. The number of benzene rings is 1. The van der Waals surface area contributed by atoms with Gasteiger partial charge in [0.25, 0.3) is 23.6 Å². The number of hydrogen-bond donors (Lipinski definition) is 1. The minimum atomic E-state index is -0.492. The molecule has 4 amide bonds. The Hall–Kier alpha value is -3.06. The number of carbonyl (C=O) groups excluding carboxylic acids is 4. The number of rotatable bonds is 3. The Kier molecular flexibility index (Phi) is 3.19. The molecule has 2 aliphatic rings. The highest BCUT2D eigenvalue weighted by atomic mass is 16.2. The van der Waals surface area contributed by atoms with Crippen LogP contribution in [0.25, 0.3) is 0 Å². The van der Waals surface area contributed by atoms with Gasteiger partial charge >= 0.3 is 0 Å². The molecule has 0 aromatic heterocycles. The van der Waals surface area contributed by atoms with Crippen molar-refractivity contribution in [3.63, 3.8) is 0 Å². The highest BCUT2D eigenvalue weighted by Crippen LogP contribution is 2.30. The third kappa shape index (κ3) is 2.04. The maximum atomic E-state index is 11.8. The van der Waals surface area contributed by atoms with Gasteiger partial charge in [-0.3, -0.25) is 19.2 Å². The van der Waals surface area contributed by atoms with Gasteiger partial charge in [0.1, 0.15) is 0 Å². The summed E-state index contributed by atoms with van der Waals surface area (Å²) < 4.78 is 0. The second-order valence-corrected chi connectivity index (χ2v) is 4.71. The van der Waals surface area contributed by atoms with Gasteiger partial charge in [-0.2, -0.15) is 0 Å². The zero-order chi connectivity index (χ0) is 15.9. The van der Waals surface area contributed by atoms with Crippen molar-refractivity contribution in [2.24, 2.45) is 5.73 Å². The Labute approximate surface area is 125 Å². The van der Waals surface area contributed by atoms with E-state index in [9.17, 15) is 19.2 Å². The normalized spacial score (nSPS) is 17.3. The molecule has 0 aliphatic carbocycles. The average Bonchev–Trinajstić information content (AvgIpc) is 3.01. The molecule has 0 spiro atoms. The first-order chi connectivity index (χ1) is 10.5. The third-order valence-corrected chi connectivity index (χ3v) is 3.41. The van der Waals surface area contributed by atoms with E-state index in [1.807, 2.05) is 0 Å². The molecular formula is C15H11N3O4. The summed E-state index contributed by atoms with van der Waals surface area (Å²) in [7, 11) is 0. The van der Waals surface area contributed by atoms with E-state index in [-0.39, 0.29) is 17.9 Å². The fourth-order valence-corrected chi connectivity index (χ4v) is 2.36. The first kappa shape index (κ1) is 13.9. The molecule has 110 valence electrons. The summed E-state index contributed by atoms with van der Waals surface area (Å²) in [5, 5.41) is 0. The van der Waals surface area contributed by atoms with E-state index in [0.29, 0.717) is 5.56 Å². The molecule has 2 aliphatic heterocycles. The molecule has 1 aromatic carbocycles. The van der Waals surface area contributed by atoms with Gasteiger partial charge in [0.2, 0.25) is 0 Å². The van der Waals surface area contributed by atoms with Crippen molar-refractivity contribution >= 4 is 35.0 Å². The van der Waals surface area contributed by atoms with E-state index in [1.165, 1.54) is 6.07 Å². The quantitative estimate of drug-likeness (QED) is 0.792. The highest BCUT2D eigenvalue weighted by molar-refractivity contribution is 6.30. The standard InChI is InChI=1S/C15H11N3O4/c16-8-9-1-2-10(17-12(19)3-4-13(17)20)7-11(9)18-14(21)5-6-15(18)22/h1-7H,8,16H2. The molecule has 2 heterocycles. The van der Waals surface area contributed by atoms with Crippen LogP contribution in [-0.2, 0) is 25.7 Å². The van der Waals surface area contributed by atoms with E-state index >= 15 is 0 Å². The molecule has 0 saturated heterocycles. The van der Waals surface area contributed by atoms with Crippen molar-refractivity contribution in [2.45, 2.75) is 6.54 Å². The molecule has 0 fully saturated rings. The molecule has 1 aromatic rings. The van der Waals surface area contributed by atoms with Crippen LogP contribution in [0.1, 0.15) is 5.56 Å². The summed E-state index contributed by atoms with van der Waals surface area (Å²) in [6, 6.07) is 4.57. The molecule has 0 atom stereocenters. The van der Waals surface area contributed by atoms with E-state index in [0.717, 1.165) is 34.1 Å². The summed E-state index contributed by atoms with van der Waals surface area (Å²) in [5.74, 6) is -1.94. The summed E-state index contributed by atoms with van der Waals surface area (Å²) in [6.45, 7) is 0.104. The lowest BCUT2D eigenvalue weighted by atomic mass is 10.1. The SMILES string of the molecule is NCc1ccc(N2C(=O)C=CC2=O)cc1N1C(=O)C=CC1=O. The minimum absolute atomic E-state index is 0.104. The average molecular weight is 297 g/mol. The van der Waals surface area contributed by atoms with E-state index < -0.39 is 23.6 Å². The van der Waals surface area contributed by atoms with Crippen LogP contribution in [0, 0.1) is 0 Å². The van der Waals surface area contributed by atoms with Crippen LogP contribution < -0.4 is 15.5 Å². The summed E-state index contributed by atoms with van der Waals surface area (Å²) >= 11 is 0. The molecule has 7 heteroatoms. The molecule has 0 bridgehead atoms. The van der Waals surface area contributed by atoms with Crippen LogP contribution in [0.4, 0.5) is 11.4 Å². The van der Waals surface area contributed by atoms with Crippen LogP contribution in [0.3, 0.4) is 0 Å². The molecule has 7 nitrogen and oxygen atoms in total.